The van der Waals surface area contributed by atoms with Crippen molar-refractivity contribution in [3.8, 4) is 0 Å². The number of aromatic nitrogens is 2. The predicted molar refractivity (Wildman–Crippen MR) is 96.2 cm³/mol. The molecule has 0 aliphatic heterocycles. The summed E-state index contributed by atoms with van der Waals surface area (Å²) in [4.78, 5) is 0. The molecule has 0 spiro atoms. The van der Waals surface area contributed by atoms with Crippen molar-refractivity contribution in [1.29, 1.82) is 0 Å². The van der Waals surface area contributed by atoms with Gasteiger partial charge in [-0.1, -0.05) is 76.2 Å². The molecule has 0 N–H and O–H groups in total. The standard InChI is InChI=1S/C13H22N2.C4H10.C2H6/c1-8(2)11-7-14-15-13(10(5)6)12(11)9(3)4;1-4(2)3;1-2/h7-10H,1-6H3;4H,1-3H3;1-2H3. The molecule has 21 heavy (non-hydrogen) atoms. The molecule has 1 heterocycles. The van der Waals surface area contributed by atoms with Gasteiger partial charge in [0.05, 0.1) is 11.9 Å². The lowest BCUT2D eigenvalue weighted by Gasteiger charge is -2.19. The van der Waals surface area contributed by atoms with Crippen LogP contribution in [0.25, 0.3) is 0 Å². The SMILES string of the molecule is CC.CC(C)C.CC(C)c1cnnc(C(C)C)c1C(C)C. The third-order valence-electron chi connectivity index (χ3n) is 2.70. The van der Waals surface area contributed by atoms with Gasteiger partial charge in [-0.05, 0) is 34.8 Å². The van der Waals surface area contributed by atoms with Crippen molar-refractivity contribution in [2.45, 2.75) is 93.9 Å². The fraction of sp³-hybridized carbons (Fsp3) is 0.789. The highest BCUT2D eigenvalue weighted by Gasteiger charge is 2.17. The molecule has 0 radical (unpaired) electrons. The Hall–Kier alpha value is -0.920. The highest BCUT2D eigenvalue weighted by molar-refractivity contribution is 5.34. The Bertz CT molecular complexity index is 337. The van der Waals surface area contributed by atoms with Crippen LogP contribution in [-0.4, -0.2) is 10.2 Å². The van der Waals surface area contributed by atoms with Crippen molar-refractivity contribution in [1.82, 2.24) is 10.2 Å². The summed E-state index contributed by atoms with van der Waals surface area (Å²) in [7, 11) is 0. The van der Waals surface area contributed by atoms with Gasteiger partial charge in [-0.15, -0.1) is 0 Å². The molecule has 0 saturated carbocycles. The molecule has 0 aliphatic carbocycles. The summed E-state index contributed by atoms with van der Waals surface area (Å²) in [5.74, 6) is 2.33. The summed E-state index contributed by atoms with van der Waals surface area (Å²) in [5.41, 5.74) is 3.91. The maximum Gasteiger partial charge on any atom is 0.0693 e. The minimum Gasteiger partial charge on any atom is -0.159 e. The van der Waals surface area contributed by atoms with Crippen LogP contribution in [0.2, 0.25) is 0 Å². The highest BCUT2D eigenvalue weighted by atomic mass is 15.1. The van der Waals surface area contributed by atoms with Crippen LogP contribution < -0.4 is 0 Å². The number of rotatable bonds is 3. The molecule has 2 nitrogen and oxygen atoms in total. The Morgan fingerprint density at radius 1 is 0.714 bits per heavy atom. The Morgan fingerprint density at radius 3 is 1.43 bits per heavy atom. The summed E-state index contributed by atoms with van der Waals surface area (Å²) < 4.78 is 0. The third kappa shape index (κ3) is 8.85. The molecule has 2 heteroatoms. The molecular formula is C19H38N2. The van der Waals surface area contributed by atoms with Gasteiger partial charge in [0.1, 0.15) is 0 Å². The zero-order valence-electron chi connectivity index (χ0n) is 16.3. The smallest absolute Gasteiger partial charge is 0.0693 e. The Morgan fingerprint density at radius 2 is 1.14 bits per heavy atom. The van der Waals surface area contributed by atoms with Crippen LogP contribution in [0, 0.1) is 5.92 Å². The number of hydrogen-bond donors (Lipinski definition) is 0. The molecule has 0 bridgehead atoms. The second-order valence-corrected chi connectivity index (χ2v) is 6.79. The van der Waals surface area contributed by atoms with Crippen molar-refractivity contribution in [3.05, 3.63) is 23.0 Å². The van der Waals surface area contributed by atoms with E-state index in [1.165, 1.54) is 11.1 Å². The average molecular weight is 295 g/mol. The zero-order chi connectivity index (χ0) is 17.2. The number of nitrogens with zero attached hydrogens (tertiary/aromatic N) is 2. The van der Waals surface area contributed by atoms with E-state index in [1.54, 1.807) is 0 Å². The molecule has 0 aliphatic rings. The van der Waals surface area contributed by atoms with Gasteiger partial charge in [-0.3, -0.25) is 0 Å². The second-order valence-electron chi connectivity index (χ2n) is 6.79. The van der Waals surface area contributed by atoms with E-state index in [1.807, 2.05) is 20.0 Å². The minimum absolute atomic E-state index is 0.452. The lowest BCUT2D eigenvalue weighted by molar-refractivity contribution is 0.695. The predicted octanol–water partition coefficient (Wildman–Crippen LogP) is 6.54. The highest BCUT2D eigenvalue weighted by Crippen LogP contribution is 2.30. The molecule has 1 aromatic heterocycles. The lowest BCUT2D eigenvalue weighted by atomic mass is 9.88. The van der Waals surface area contributed by atoms with Crippen molar-refractivity contribution in [3.63, 3.8) is 0 Å². The van der Waals surface area contributed by atoms with Gasteiger partial charge in [0, 0.05) is 0 Å². The van der Waals surface area contributed by atoms with Gasteiger partial charge in [0.15, 0.2) is 0 Å². The van der Waals surface area contributed by atoms with Crippen LogP contribution in [0.1, 0.15) is 111 Å². The summed E-state index contributed by atoms with van der Waals surface area (Å²) >= 11 is 0. The Balaban J connectivity index is 0. The van der Waals surface area contributed by atoms with Gasteiger partial charge in [0.25, 0.3) is 0 Å². The minimum atomic E-state index is 0.452. The van der Waals surface area contributed by atoms with Gasteiger partial charge < -0.3 is 0 Å². The molecule has 0 amide bonds. The topological polar surface area (TPSA) is 25.8 Å². The Kier molecular flexibility index (Phi) is 12.5. The first-order valence-corrected chi connectivity index (χ1v) is 8.53. The second kappa shape index (κ2) is 11.7. The van der Waals surface area contributed by atoms with E-state index in [2.05, 4.69) is 72.5 Å². The molecule has 0 fully saturated rings. The summed E-state index contributed by atoms with van der Waals surface area (Å²) in [5, 5.41) is 8.41. The molecule has 124 valence electrons. The van der Waals surface area contributed by atoms with E-state index < -0.39 is 0 Å². The van der Waals surface area contributed by atoms with Crippen LogP contribution in [0.4, 0.5) is 0 Å². The summed E-state index contributed by atoms with van der Waals surface area (Å²) in [6, 6.07) is 0. The fourth-order valence-electron chi connectivity index (χ4n) is 1.94. The first kappa shape index (κ1) is 22.4. The van der Waals surface area contributed by atoms with Gasteiger partial charge in [0.2, 0.25) is 0 Å². The van der Waals surface area contributed by atoms with Gasteiger partial charge >= 0.3 is 0 Å². The van der Waals surface area contributed by atoms with Crippen molar-refractivity contribution in [2.24, 2.45) is 5.92 Å². The average Bonchev–Trinajstić information content (AvgIpc) is 2.39. The van der Waals surface area contributed by atoms with Crippen LogP contribution in [-0.2, 0) is 0 Å². The molecule has 0 saturated heterocycles. The van der Waals surface area contributed by atoms with Gasteiger partial charge in [-0.2, -0.15) is 10.2 Å². The molecule has 0 atom stereocenters. The molecule has 0 unspecified atom stereocenters. The van der Waals surface area contributed by atoms with E-state index in [0.717, 1.165) is 11.6 Å². The van der Waals surface area contributed by atoms with Crippen LogP contribution >= 0.6 is 0 Å². The van der Waals surface area contributed by atoms with Crippen molar-refractivity contribution in [2.75, 3.05) is 0 Å². The first-order chi connectivity index (χ1) is 9.68. The first-order valence-electron chi connectivity index (χ1n) is 8.53. The van der Waals surface area contributed by atoms with E-state index in [9.17, 15) is 0 Å². The molecule has 1 aromatic rings. The van der Waals surface area contributed by atoms with Crippen molar-refractivity contribution < 1.29 is 0 Å². The van der Waals surface area contributed by atoms with Crippen LogP contribution in [0.5, 0.6) is 0 Å². The third-order valence-corrected chi connectivity index (χ3v) is 2.70. The van der Waals surface area contributed by atoms with Crippen LogP contribution in [0.3, 0.4) is 0 Å². The lowest BCUT2D eigenvalue weighted by Crippen LogP contribution is -2.09. The molecule has 1 rings (SSSR count). The van der Waals surface area contributed by atoms with E-state index in [4.69, 9.17) is 0 Å². The van der Waals surface area contributed by atoms with E-state index >= 15 is 0 Å². The Labute approximate surface area is 133 Å². The number of hydrogen-bond acceptors (Lipinski definition) is 2. The van der Waals surface area contributed by atoms with Crippen LogP contribution in [0.15, 0.2) is 6.20 Å². The van der Waals surface area contributed by atoms with Gasteiger partial charge in [-0.25, -0.2) is 0 Å². The zero-order valence-corrected chi connectivity index (χ0v) is 16.3. The quantitative estimate of drug-likeness (QED) is 0.633. The maximum atomic E-state index is 4.29. The normalized spacial score (nSPS) is 10.4. The molecule has 0 aromatic carbocycles. The summed E-state index contributed by atoms with van der Waals surface area (Å²) in [6.45, 7) is 23.8. The van der Waals surface area contributed by atoms with E-state index in [-0.39, 0.29) is 0 Å². The van der Waals surface area contributed by atoms with E-state index in [0.29, 0.717) is 17.8 Å². The maximum absolute atomic E-state index is 4.29. The largest absolute Gasteiger partial charge is 0.159 e. The monoisotopic (exact) mass is 294 g/mol. The fourth-order valence-corrected chi connectivity index (χ4v) is 1.94. The molecular weight excluding hydrogens is 256 g/mol. The van der Waals surface area contributed by atoms with Crippen molar-refractivity contribution >= 4 is 0 Å². The summed E-state index contributed by atoms with van der Waals surface area (Å²) in [6.07, 6.45) is 1.92.